The van der Waals surface area contributed by atoms with Crippen LogP contribution in [0.5, 0.6) is 0 Å². The average Bonchev–Trinajstić information content (AvgIpc) is 3.57. The quantitative estimate of drug-likeness (QED) is 0.290. The molecule has 3 aromatic heterocycles. The van der Waals surface area contributed by atoms with Crippen molar-refractivity contribution in [2.45, 2.75) is 82.5 Å². The molecule has 37 heavy (non-hydrogen) atoms. The van der Waals surface area contributed by atoms with Gasteiger partial charge in [-0.15, -0.1) is 0 Å². The molecule has 1 aliphatic heterocycles. The Morgan fingerprint density at radius 3 is 2.65 bits per heavy atom. The maximum atomic E-state index is 9.68. The highest BCUT2D eigenvalue weighted by Crippen LogP contribution is 2.46. The van der Waals surface area contributed by atoms with Gasteiger partial charge in [0.25, 0.3) is 0 Å². The van der Waals surface area contributed by atoms with E-state index in [2.05, 4.69) is 52.8 Å². The molecule has 0 spiro atoms. The SMILES string of the molecule is C[Si](C)(C)CCOCn1ccc2c(-c3cnn(C4(CC#N)CN(C5CC6CCC(C6)C5)C4)c3)ncnc21. The van der Waals surface area contributed by atoms with Crippen LogP contribution in [0.4, 0.5) is 0 Å². The molecular weight excluding hydrogens is 478 g/mol. The van der Waals surface area contributed by atoms with Crippen LogP contribution in [0.1, 0.15) is 38.5 Å². The number of fused-ring (bicyclic) bond motifs is 3. The lowest BCUT2D eigenvalue weighted by molar-refractivity contribution is -0.0433. The average molecular weight is 518 g/mol. The van der Waals surface area contributed by atoms with E-state index in [1.165, 1.54) is 32.1 Å². The molecule has 0 amide bonds. The van der Waals surface area contributed by atoms with Crippen molar-refractivity contribution >= 4 is 19.1 Å². The van der Waals surface area contributed by atoms with Crippen LogP contribution in [0.3, 0.4) is 0 Å². The van der Waals surface area contributed by atoms with Gasteiger partial charge in [-0.2, -0.15) is 10.4 Å². The van der Waals surface area contributed by atoms with Crippen molar-refractivity contribution in [3.8, 4) is 17.3 Å². The molecule has 2 bridgehead atoms. The summed E-state index contributed by atoms with van der Waals surface area (Å²) in [4.78, 5) is 11.8. The van der Waals surface area contributed by atoms with E-state index in [4.69, 9.17) is 9.84 Å². The Labute approximate surface area is 220 Å². The van der Waals surface area contributed by atoms with Crippen LogP contribution < -0.4 is 0 Å². The van der Waals surface area contributed by atoms with E-state index in [-0.39, 0.29) is 5.54 Å². The molecule has 8 nitrogen and oxygen atoms in total. The minimum absolute atomic E-state index is 0.244. The zero-order valence-corrected chi connectivity index (χ0v) is 23.4. The molecule has 0 radical (unpaired) electrons. The summed E-state index contributed by atoms with van der Waals surface area (Å²) in [7, 11) is -1.11. The van der Waals surface area contributed by atoms with E-state index in [1.807, 2.05) is 21.6 Å². The van der Waals surface area contributed by atoms with Crippen molar-refractivity contribution in [1.82, 2.24) is 29.2 Å². The molecule has 196 valence electrons. The molecule has 3 aliphatic rings. The van der Waals surface area contributed by atoms with Gasteiger partial charge in [-0.05, 0) is 43.2 Å². The number of hydrogen-bond donors (Lipinski definition) is 0. The van der Waals surface area contributed by atoms with E-state index < -0.39 is 8.07 Å². The fourth-order valence-electron chi connectivity index (χ4n) is 6.81. The smallest absolute Gasteiger partial charge is 0.145 e. The van der Waals surface area contributed by atoms with Crippen molar-refractivity contribution in [3.63, 3.8) is 0 Å². The molecule has 3 aromatic rings. The maximum absolute atomic E-state index is 9.68. The van der Waals surface area contributed by atoms with Crippen LogP contribution in [-0.2, 0) is 17.0 Å². The van der Waals surface area contributed by atoms with Gasteiger partial charge in [-0.25, -0.2) is 9.97 Å². The first-order chi connectivity index (χ1) is 17.8. The standard InChI is InChI=1S/C28H39N7OSi/c1-37(2,3)11-10-36-20-33-9-6-25-26(30-19-31-27(25)33)23-15-32-35(16-23)28(7-8-29)17-34(18-28)24-13-21-4-5-22(12-21)14-24/h6,9,15-16,19,21-22,24H,4-5,7,10-14,17-18,20H2,1-3H3. The number of aromatic nitrogens is 5. The Morgan fingerprint density at radius 1 is 1.14 bits per heavy atom. The van der Waals surface area contributed by atoms with Gasteiger partial charge in [0, 0.05) is 57.2 Å². The van der Waals surface area contributed by atoms with Gasteiger partial charge in [-0.3, -0.25) is 9.58 Å². The van der Waals surface area contributed by atoms with Crippen molar-refractivity contribution in [3.05, 3.63) is 31.0 Å². The molecule has 4 heterocycles. The van der Waals surface area contributed by atoms with E-state index >= 15 is 0 Å². The second-order valence-electron chi connectivity index (χ2n) is 12.9. The highest BCUT2D eigenvalue weighted by Gasteiger charge is 2.49. The Morgan fingerprint density at radius 2 is 1.92 bits per heavy atom. The van der Waals surface area contributed by atoms with Crippen LogP contribution in [0.25, 0.3) is 22.3 Å². The monoisotopic (exact) mass is 517 g/mol. The third-order valence-corrected chi connectivity index (χ3v) is 10.6. The van der Waals surface area contributed by atoms with E-state index in [0.717, 1.165) is 59.9 Å². The van der Waals surface area contributed by atoms with E-state index in [0.29, 0.717) is 19.2 Å². The summed E-state index contributed by atoms with van der Waals surface area (Å²) in [5.41, 5.74) is 2.48. The predicted molar refractivity (Wildman–Crippen MR) is 146 cm³/mol. The fourth-order valence-corrected chi connectivity index (χ4v) is 7.56. The lowest BCUT2D eigenvalue weighted by Crippen LogP contribution is -2.65. The van der Waals surface area contributed by atoms with Crippen LogP contribution in [0, 0.1) is 23.2 Å². The second-order valence-corrected chi connectivity index (χ2v) is 18.5. The molecule has 9 heteroatoms. The lowest BCUT2D eigenvalue weighted by Gasteiger charge is -2.53. The predicted octanol–water partition coefficient (Wildman–Crippen LogP) is 5.11. The number of likely N-dealkylation sites (tertiary alicyclic amines) is 1. The van der Waals surface area contributed by atoms with Crippen molar-refractivity contribution in [2.24, 2.45) is 11.8 Å². The van der Waals surface area contributed by atoms with Crippen molar-refractivity contribution in [1.29, 1.82) is 5.26 Å². The summed E-state index contributed by atoms with van der Waals surface area (Å²) in [5.74, 6) is 1.84. The van der Waals surface area contributed by atoms with Gasteiger partial charge in [0.2, 0.25) is 0 Å². The molecule has 2 aliphatic carbocycles. The zero-order chi connectivity index (χ0) is 25.6. The van der Waals surface area contributed by atoms with Crippen molar-refractivity contribution in [2.75, 3.05) is 19.7 Å². The molecule has 2 atom stereocenters. The number of nitriles is 1. The van der Waals surface area contributed by atoms with Gasteiger partial charge in [0.1, 0.15) is 24.2 Å². The zero-order valence-electron chi connectivity index (χ0n) is 22.4. The number of rotatable bonds is 9. The molecule has 6 rings (SSSR count). The van der Waals surface area contributed by atoms with Gasteiger partial charge >= 0.3 is 0 Å². The third-order valence-electron chi connectivity index (χ3n) is 8.90. The normalized spacial score (nSPS) is 25.3. The Balaban J connectivity index is 1.18. The highest BCUT2D eigenvalue weighted by atomic mass is 28.3. The van der Waals surface area contributed by atoms with Crippen LogP contribution >= 0.6 is 0 Å². The largest absolute Gasteiger partial charge is 0.361 e. The summed E-state index contributed by atoms with van der Waals surface area (Å²) >= 11 is 0. The summed E-state index contributed by atoms with van der Waals surface area (Å²) in [6.45, 7) is 10.2. The Hall–Kier alpha value is -2.54. The summed E-state index contributed by atoms with van der Waals surface area (Å²) in [6, 6.07) is 6.35. The van der Waals surface area contributed by atoms with Crippen LogP contribution in [-0.4, -0.2) is 63.0 Å². The first-order valence-corrected chi connectivity index (χ1v) is 17.6. The van der Waals surface area contributed by atoms with Crippen molar-refractivity contribution < 1.29 is 4.74 Å². The maximum Gasteiger partial charge on any atom is 0.145 e. The first-order valence-electron chi connectivity index (χ1n) is 13.9. The lowest BCUT2D eigenvalue weighted by atomic mass is 9.79. The van der Waals surface area contributed by atoms with Crippen LogP contribution in [0.15, 0.2) is 31.0 Å². The van der Waals surface area contributed by atoms with Gasteiger partial charge in [0.15, 0.2) is 0 Å². The third kappa shape index (κ3) is 4.87. The summed E-state index contributed by atoms with van der Waals surface area (Å²) < 4.78 is 10.1. The first kappa shape index (κ1) is 24.8. The van der Waals surface area contributed by atoms with Crippen LogP contribution in [0.2, 0.25) is 25.7 Å². The number of ether oxygens (including phenoxy) is 1. The molecule has 0 N–H and O–H groups in total. The number of nitrogens with zero attached hydrogens (tertiary/aromatic N) is 7. The summed E-state index contributed by atoms with van der Waals surface area (Å²) in [5, 5.41) is 15.5. The second kappa shape index (κ2) is 9.64. The number of hydrogen-bond acceptors (Lipinski definition) is 6. The highest BCUT2D eigenvalue weighted by molar-refractivity contribution is 6.76. The minimum Gasteiger partial charge on any atom is -0.361 e. The minimum atomic E-state index is -1.11. The molecule has 2 unspecified atom stereocenters. The molecule has 1 saturated heterocycles. The molecule has 0 aromatic carbocycles. The Bertz CT molecular complexity index is 1280. The molecule has 3 fully saturated rings. The van der Waals surface area contributed by atoms with E-state index in [9.17, 15) is 5.26 Å². The fraction of sp³-hybridized carbons (Fsp3) is 0.643. The van der Waals surface area contributed by atoms with Gasteiger partial charge in [-0.1, -0.05) is 32.5 Å². The summed E-state index contributed by atoms with van der Waals surface area (Å²) in [6.07, 6.45) is 15.1. The van der Waals surface area contributed by atoms with Gasteiger partial charge in [0.05, 0.1) is 24.4 Å². The van der Waals surface area contributed by atoms with E-state index in [1.54, 1.807) is 6.33 Å². The molecule has 2 saturated carbocycles. The molecular formula is C28H39N7OSi. The van der Waals surface area contributed by atoms with Gasteiger partial charge < -0.3 is 9.30 Å². The topological polar surface area (TPSA) is 84.8 Å². The Kier molecular flexibility index (Phi) is 6.46.